The molecule has 2 fully saturated rings. The quantitative estimate of drug-likeness (QED) is 0.592. The molecular weight excluding hydrogens is 360 g/mol. The number of alkyl halides is 5. The van der Waals surface area contributed by atoms with Crippen LogP contribution in [0.3, 0.4) is 0 Å². The van der Waals surface area contributed by atoms with Gasteiger partial charge in [0.05, 0.1) is 18.9 Å². The van der Waals surface area contributed by atoms with E-state index >= 15 is 0 Å². The number of esters is 1. The van der Waals surface area contributed by atoms with Crippen LogP contribution in [-0.4, -0.2) is 34.7 Å². The number of aliphatic carboxylic acids is 1. The predicted molar refractivity (Wildman–Crippen MR) is 78.2 cm³/mol. The highest BCUT2D eigenvalue weighted by Crippen LogP contribution is 2.64. The maximum atomic E-state index is 12.5. The van der Waals surface area contributed by atoms with Crippen LogP contribution in [0, 0.1) is 23.2 Å². The fraction of sp³-hybridized carbons (Fsp3) is 0.857. The highest BCUT2D eigenvalue weighted by atomic mass is 35.5. The molecule has 0 heterocycles. The number of ether oxygens (including phenoxy) is 1. The summed E-state index contributed by atoms with van der Waals surface area (Å²) in [4.78, 5) is 21.1. The normalized spacial score (nSPS) is 25.9. The Morgan fingerprint density at radius 1 is 1.26 bits per heavy atom. The van der Waals surface area contributed by atoms with Crippen LogP contribution in [0.4, 0.5) is 13.2 Å². The van der Waals surface area contributed by atoms with E-state index in [2.05, 4.69) is 4.74 Å². The van der Waals surface area contributed by atoms with Gasteiger partial charge in [0.25, 0.3) is 0 Å². The predicted octanol–water partition coefficient (Wildman–Crippen LogP) is 4.04. The van der Waals surface area contributed by atoms with E-state index in [1.54, 1.807) is 13.8 Å². The molecule has 4 nitrogen and oxygen atoms in total. The lowest BCUT2D eigenvalue weighted by atomic mass is 10.1. The van der Waals surface area contributed by atoms with Gasteiger partial charge < -0.3 is 9.84 Å². The number of halogens is 5. The molecule has 0 amide bonds. The van der Waals surface area contributed by atoms with Crippen molar-refractivity contribution in [1.82, 2.24) is 0 Å². The van der Waals surface area contributed by atoms with Crippen molar-refractivity contribution in [2.75, 3.05) is 7.11 Å². The van der Waals surface area contributed by atoms with E-state index in [4.69, 9.17) is 28.3 Å². The van der Waals surface area contributed by atoms with Crippen LogP contribution < -0.4 is 0 Å². The van der Waals surface area contributed by atoms with Crippen molar-refractivity contribution in [1.29, 1.82) is 0 Å². The van der Waals surface area contributed by atoms with Crippen LogP contribution in [0.2, 0.25) is 0 Å². The molecule has 2 aliphatic carbocycles. The Kier molecular flexibility index (Phi) is 5.90. The molecule has 0 aliphatic heterocycles. The van der Waals surface area contributed by atoms with E-state index in [0.29, 0.717) is 0 Å². The fourth-order valence-corrected chi connectivity index (χ4v) is 2.77. The molecule has 134 valence electrons. The lowest BCUT2D eigenvalue weighted by Crippen LogP contribution is -2.35. The van der Waals surface area contributed by atoms with Gasteiger partial charge in [-0.1, -0.05) is 37.0 Å². The average Bonchev–Trinajstić information content (AvgIpc) is 3.26. The van der Waals surface area contributed by atoms with Gasteiger partial charge in [-0.15, -0.1) is 0 Å². The molecule has 2 rings (SSSR count). The molecule has 2 saturated carbocycles. The summed E-state index contributed by atoms with van der Waals surface area (Å²) in [5.74, 6) is -2.23. The van der Waals surface area contributed by atoms with E-state index < -0.39 is 46.1 Å². The number of rotatable bonds is 4. The average molecular weight is 379 g/mol. The summed E-state index contributed by atoms with van der Waals surface area (Å²) in [7, 11) is 1.20. The monoisotopic (exact) mass is 378 g/mol. The first-order chi connectivity index (χ1) is 10.3. The SMILES string of the molecule is COC(=O)C1C(CC(Cl)(Cl)C(F)(F)F)C1(C)C.O=C(O)C1CC1. The maximum Gasteiger partial charge on any atom is 0.421 e. The van der Waals surface area contributed by atoms with Gasteiger partial charge in [0.2, 0.25) is 4.33 Å². The lowest BCUT2D eigenvalue weighted by Gasteiger charge is -2.23. The Morgan fingerprint density at radius 2 is 1.74 bits per heavy atom. The van der Waals surface area contributed by atoms with Crippen LogP contribution in [0.5, 0.6) is 0 Å². The minimum Gasteiger partial charge on any atom is -0.481 e. The molecule has 0 aromatic rings. The second-order valence-electron chi connectivity index (χ2n) is 6.45. The first-order valence-corrected chi connectivity index (χ1v) is 7.76. The fourth-order valence-electron chi connectivity index (χ4n) is 2.44. The second-order valence-corrected chi connectivity index (χ2v) is 7.93. The third-order valence-corrected chi connectivity index (χ3v) is 5.06. The van der Waals surface area contributed by atoms with Gasteiger partial charge in [-0.05, 0) is 30.6 Å². The molecule has 0 aromatic heterocycles. The van der Waals surface area contributed by atoms with E-state index in [0.717, 1.165) is 12.8 Å². The summed E-state index contributed by atoms with van der Waals surface area (Å²) >= 11 is 10.6. The Labute approximate surface area is 142 Å². The molecule has 0 saturated heterocycles. The summed E-state index contributed by atoms with van der Waals surface area (Å²) in [5.41, 5.74) is -0.562. The number of carbonyl (C=O) groups excluding carboxylic acids is 1. The zero-order valence-corrected chi connectivity index (χ0v) is 14.4. The first-order valence-electron chi connectivity index (χ1n) is 7.01. The third-order valence-electron chi connectivity index (χ3n) is 4.32. The second kappa shape index (κ2) is 6.67. The van der Waals surface area contributed by atoms with Crippen LogP contribution in [0.1, 0.15) is 33.1 Å². The minimum atomic E-state index is -4.71. The molecule has 0 radical (unpaired) electrons. The lowest BCUT2D eigenvalue weighted by molar-refractivity contribution is -0.147. The number of carboxylic acid groups (broad SMARTS) is 1. The van der Waals surface area contributed by atoms with Gasteiger partial charge in [0, 0.05) is 0 Å². The molecule has 2 aliphatic rings. The van der Waals surface area contributed by atoms with Gasteiger partial charge in [0.15, 0.2) is 0 Å². The number of carbonyl (C=O) groups is 2. The van der Waals surface area contributed by atoms with Gasteiger partial charge in [-0.3, -0.25) is 9.59 Å². The van der Waals surface area contributed by atoms with Gasteiger partial charge in [0.1, 0.15) is 0 Å². The van der Waals surface area contributed by atoms with Gasteiger partial charge in [-0.2, -0.15) is 13.2 Å². The Hall–Kier alpha value is -0.690. The number of hydrogen-bond acceptors (Lipinski definition) is 3. The summed E-state index contributed by atoms with van der Waals surface area (Å²) in [6, 6.07) is 0. The van der Waals surface area contributed by atoms with Crippen LogP contribution >= 0.6 is 23.2 Å². The zero-order valence-electron chi connectivity index (χ0n) is 12.9. The van der Waals surface area contributed by atoms with Crippen molar-refractivity contribution < 1.29 is 32.6 Å². The summed E-state index contributed by atoms with van der Waals surface area (Å²) in [6.07, 6.45) is -3.42. The molecule has 1 N–H and O–H groups in total. The van der Waals surface area contributed by atoms with Crippen LogP contribution in [0.15, 0.2) is 0 Å². The number of methoxy groups -OCH3 is 1. The number of carboxylic acids is 1. The molecular formula is C14H19Cl2F3O4. The minimum absolute atomic E-state index is 0.0185. The highest BCUT2D eigenvalue weighted by Gasteiger charge is 2.67. The van der Waals surface area contributed by atoms with Crippen LogP contribution in [-0.2, 0) is 14.3 Å². The summed E-state index contributed by atoms with van der Waals surface area (Å²) in [5, 5.41) is 8.05. The van der Waals surface area contributed by atoms with E-state index in [9.17, 15) is 22.8 Å². The third kappa shape index (κ3) is 4.89. The maximum absolute atomic E-state index is 12.5. The molecule has 0 aromatic carbocycles. The number of hydrogen-bond donors (Lipinski definition) is 1. The molecule has 9 heteroatoms. The van der Waals surface area contributed by atoms with E-state index in [1.807, 2.05) is 0 Å². The zero-order chi connectivity index (χ0) is 18.2. The van der Waals surface area contributed by atoms with Gasteiger partial charge in [-0.25, -0.2) is 0 Å². The van der Waals surface area contributed by atoms with Crippen molar-refractivity contribution in [3.05, 3.63) is 0 Å². The largest absolute Gasteiger partial charge is 0.481 e. The molecule has 0 spiro atoms. The van der Waals surface area contributed by atoms with E-state index in [1.165, 1.54) is 7.11 Å². The summed E-state index contributed by atoms with van der Waals surface area (Å²) in [6.45, 7) is 3.39. The van der Waals surface area contributed by atoms with Gasteiger partial charge >= 0.3 is 18.1 Å². The smallest absolute Gasteiger partial charge is 0.421 e. The van der Waals surface area contributed by atoms with E-state index in [-0.39, 0.29) is 5.92 Å². The topological polar surface area (TPSA) is 63.6 Å². The van der Waals surface area contributed by atoms with Crippen molar-refractivity contribution in [3.63, 3.8) is 0 Å². The van der Waals surface area contributed by atoms with Crippen molar-refractivity contribution in [2.45, 2.75) is 43.6 Å². The Morgan fingerprint density at radius 3 is 2.00 bits per heavy atom. The van der Waals surface area contributed by atoms with Crippen LogP contribution in [0.25, 0.3) is 0 Å². The molecule has 2 atom stereocenters. The molecule has 0 bridgehead atoms. The highest BCUT2D eigenvalue weighted by molar-refractivity contribution is 6.49. The first kappa shape index (κ1) is 20.4. The van der Waals surface area contributed by atoms with Crippen molar-refractivity contribution in [2.24, 2.45) is 23.2 Å². The molecule has 2 unspecified atom stereocenters. The van der Waals surface area contributed by atoms with Crippen molar-refractivity contribution in [3.8, 4) is 0 Å². The standard InChI is InChI=1S/C10H13Cl2F3O2.C4H6O2/c1-8(2)5(6(8)7(16)17-3)4-9(11,12)10(13,14)15;5-4(6)3-1-2-3/h5-6H,4H2,1-3H3;3H,1-2H2,(H,5,6). The van der Waals surface area contributed by atoms with Crippen molar-refractivity contribution >= 4 is 35.1 Å². The Balaban J connectivity index is 0.000000366. The summed E-state index contributed by atoms with van der Waals surface area (Å²) < 4.78 is 39.2. The molecule has 23 heavy (non-hydrogen) atoms. The Bertz CT molecular complexity index is 473.